The Hall–Kier alpha value is -2.08. The van der Waals surface area contributed by atoms with E-state index in [0.29, 0.717) is 12.3 Å². The number of benzene rings is 1. The fourth-order valence-corrected chi connectivity index (χ4v) is 3.42. The number of carbonyl (C=O) groups excluding carboxylic acids is 2. The van der Waals surface area contributed by atoms with Crippen LogP contribution in [0.4, 0.5) is 11.4 Å². The van der Waals surface area contributed by atoms with Gasteiger partial charge in [0, 0.05) is 26.6 Å². The molecule has 0 spiro atoms. The van der Waals surface area contributed by atoms with Gasteiger partial charge in [-0.15, -0.1) is 0 Å². The first-order valence-electron chi connectivity index (χ1n) is 9.38. The van der Waals surface area contributed by atoms with Gasteiger partial charge in [-0.3, -0.25) is 14.4 Å². The van der Waals surface area contributed by atoms with Gasteiger partial charge < -0.3 is 10.2 Å². The minimum atomic E-state index is 0.0699. The lowest BCUT2D eigenvalue weighted by Crippen LogP contribution is -2.36. The first-order chi connectivity index (χ1) is 12.6. The normalized spacial score (nSPS) is 19.0. The molecule has 1 fully saturated rings. The van der Waals surface area contributed by atoms with Gasteiger partial charge in [0.15, 0.2) is 0 Å². The number of anilines is 2. The predicted octanol–water partition coefficient (Wildman–Crippen LogP) is 3.54. The molecule has 1 aromatic carbocycles. The van der Waals surface area contributed by atoms with E-state index in [1.165, 1.54) is 12.2 Å². The van der Waals surface area contributed by atoms with Crippen molar-refractivity contribution in [2.45, 2.75) is 39.5 Å². The average molecular weight is 364 g/mol. The minimum absolute atomic E-state index is 0.0699. The molecular weight excluding hydrogens is 330 g/mol. The molecule has 0 aliphatic heterocycles. The number of para-hydroxylation sites is 2. The summed E-state index contributed by atoms with van der Waals surface area (Å²) in [5.41, 5.74) is 1.84. The Kier molecular flexibility index (Phi) is 9.73. The lowest BCUT2D eigenvalue weighted by atomic mass is 9.81. The lowest BCUT2D eigenvalue weighted by molar-refractivity contribution is -0.174. The molecular formula is C20H33N3O3. The molecule has 1 N–H and O–H groups in total. The highest BCUT2D eigenvalue weighted by molar-refractivity contribution is 5.81. The molecule has 2 rings (SSSR count). The maximum absolute atomic E-state index is 12.1. The maximum atomic E-state index is 12.1. The molecule has 0 atom stereocenters. The van der Waals surface area contributed by atoms with Crippen molar-refractivity contribution in [1.29, 1.82) is 0 Å². The van der Waals surface area contributed by atoms with E-state index < -0.39 is 0 Å². The SMILES string of the molecule is CC.CON(C)C(=O)C1CCC(CN(C)c2ccccc2NC=O)CC1. The summed E-state index contributed by atoms with van der Waals surface area (Å²) in [6.07, 6.45) is 4.57. The van der Waals surface area contributed by atoms with Crippen molar-refractivity contribution >= 4 is 23.7 Å². The van der Waals surface area contributed by atoms with E-state index in [1.807, 2.05) is 45.2 Å². The summed E-state index contributed by atoms with van der Waals surface area (Å²) in [6, 6.07) is 7.79. The van der Waals surface area contributed by atoms with Gasteiger partial charge in [-0.25, -0.2) is 5.06 Å². The first-order valence-corrected chi connectivity index (χ1v) is 9.38. The molecule has 0 heterocycles. The van der Waals surface area contributed by atoms with E-state index in [9.17, 15) is 9.59 Å². The standard InChI is InChI=1S/C18H27N3O3.C2H6/c1-20(17-7-5-4-6-16(17)19-13-22)12-14-8-10-15(11-9-14)18(23)21(2)24-3;1-2/h4-7,13-15H,8-12H2,1-3H3,(H,19,22);1-2H3. The summed E-state index contributed by atoms with van der Waals surface area (Å²) in [5, 5.41) is 4.08. The fourth-order valence-electron chi connectivity index (χ4n) is 3.42. The van der Waals surface area contributed by atoms with Crippen LogP contribution >= 0.6 is 0 Å². The van der Waals surface area contributed by atoms with Crippen LogP contribution in [0.2, 0.25) is 0 Å². The highest BCUT2D eigenvalue weighted by Gasteiger charge is 2.29. The minimum Gasteiger partial charge on any atom is -0.373 e. The molecule has 1 saturated carbocycles. The molecule has 0 bridgehead atoms. The third kappa shape index (κ3) is 6.02. The van der Waals surface area contributed by atoms with Gasteiger partial charge in [0.2, 0.25) is 12.3 Å². The van der Waals surface area contributed by atoms with Crippen LogP contribution in [0, 0.1) is 11.8 Å². The summed E-state index contributed by atoms with van der Waals surface area (Å²) in [6.45, 7) is 4.92. The number of hydroxylamine groups is 2. The number of nitrogens with zero attached hydrogens (tertiary/aromatic N) is 2. The summed E-state index contributed by atoms with van der Waals surface area (Å²) < 4.78 is 0. The Morgan fingerprint density at radius 1 is 1.19 bits per heavy atom. The molecule has 2 amide bonds. The lowest BCUT2D eigenvalue weighted by Gasteiger charge is -2.33. The highest BCUT2D eigenvalue weighted by atomic mass is 16.7. The molecule has 0 saturated heterocycles. The first kappa shape index (κ1) is 22.0. The number of nitrogens with one attached hydrogen (secondary N) is 1. The fraction of sp³-hybridized carbons (Fsp3) is 0.600. The van der Waals surface area contributed by atoms with E-state index in [2.05, 4.69) is 10.2 Å². The van der Waals surface area contributed by atoms with E-state index in [4.69, 9.17) is 4.84 Å². The van der Waals surface area contributed by atoms with Crippen LogP contribution in [0.25, 0.3) is 0 Å². The van der Waals surface area contributed by atoms with Gasteiger partial charge >= 0.3 is 0 Å². The van der Waals surface area contributed by atoms with Crippen molar-refractivity contribution in [2.24, 2.45) is 11.8 Å². The zero-order chi connectivity index (χ0) is 19.5. The van der Waals surface area contributed by atoms with Gasteiger partial charge in [-0.05, 0) is 43.7 Å². The predicted molar refractivity (Wildman–Crippen MR) is 106 cm³/mol. The van der Waals surface area contributed by atoms with Crippen LogP contribution in [0.3, 0.4) is 0 Å². The Balaban J connectivity index is 0.00000163. The van der Waals surface area contributed by atoms with Crippen LogP contribution < -0.4 is 10.2 Å². The number of carbonyl (C=O) groups is 2. The topological polar surface area (TPSA) is 61.9 Å². The molecule has 1 aliphatic rings. The number of amides is 2. The van der Waals surface area contributed by atoms with Crippen molar-refractivity contribution in [3.63, 3.8) is 0 Å². The van der Waals surface area contributed by atoms with E-state index in [1.54, 1.807) is 7.05 Å². The van der Waals surface area contributed by atoms with Crippen LogP contribution in [-0.2, 0) is 14.4 Å². The van der Waals surface area contributed by atoms with Crippen molar-refractivity contribution in [1.82, 2.24) is 5.06 Å². The van der Waals surface area contributed by atoms with Gasteiger partial charge in [0.25, 0.3) is 0 Å². The largest absolute Gasteiger partial charge is 0.373 e. The van der Waals surface area contributed by atoms with Crippen LogP contribution in [0.1, 0.15) is 39.5 Å². The molecule has 146 valence electrons. The summed E-state index contributed by atoms with van der Waals surface area (Å²) in [7, 11) is 5.23. The molecule has 0 unspecified atom stereocenters. The zero-order valence-electron chi connectivity index (χ0n) is 16.7. The monoisotopic (exact) mass is 363 g/mol. The molecule has 1 aromatic rings. The summed E-state index contributed by atoms with van der Waals surface area (Å²) in [4.78, 5) is 30.1. The molecule has 26 heavy (non-hydrogen) atoms. The Labute approximate surface area is 157 Å². The van der Waals surface area contributed by atoms with Crippen molar-refractivity contribution in [3.8, 4) is 0 Å². The third-order valence-corrected chi connectivity index (χ3v) is 4.84. The molecule has 6 heteroatoms. The second kappa shape index (κ2) is 11.5. The van der Waals surface area contributed by atoms with Crippen LogP contribution in [-0.4, -0.2) is 45.1 Å². The zero-order valence-corrected chi connectivity index (χ0v) is 16.7. The molecule has 0 aromatic heterocycles. The summed E-state index contributed by atoms with van der Waals surface area (Å²) in [5.74, 6) is 0.696. The van der Waals surface area contributed by atoms with Gasteiger partial charge in [-0.1, -0.05) is 26.0 Å². The van der Waals surface area contributed by atoms with E-state index in [-0.39, 0.29) is 11.8 Å². The summed E-state index contributed by atoms with van der Waals surface area (Å²) >= 11 is 0. The van der Waals surface area contributed by atoms with Gasteiger partial charge in [0.05, 0.1) is 18.5 Å². The highest BCUT2D eigenvalue weighted by Crippen LogP contribution is 2.32. The van der Waals surface area contributed by atoms with Gasteiger partial charge in [0.1, 0.15) is 0 Å². The van der Waals surface area contributed by atoms with Crippen molar-refractivity contribution in [3.05, 3.63) is 24.3 Å². The van der Waals surface area contributed by atoms with Gasteiger partial charge in [-0.2, -0.15) is 0 Å². The average Bonchev–Trinajstić information content (AvgIpc) is 2.69. The van der Waals surface area contributed by atoms with E-state index >= 15 is 0 Å². The van der Waals surface area contributed by atoms with Crippen molar-refractivity contribution < 1.29 is 14.4 Å². The quantitative estimate of drug-likeness (QED) is 0.594. The second-order valence-electron chi connectivity index (χ2n) is 6.40. The molecule has 1 aliphatic carbocycles. The number of hydrogen-bond donors (Lipinski definition) is 1. The number of rotatable bonds is 7. The Morgan fingerprint density at radius 2 is 1.81 bits per heavy atom. The Bertz CT molecular complexity index is 557. The van der Waals surface area contributed by atoms with Crippen molar-refractivity contribution in [2.75, 3.05) is 38.0 Å². The second-order valence-corrected chi connectivity index (χ2v) is 6.40. The smallest absolute Gasteiger partial charge is 0.248 e. The van der Waals surface area contributed by atoms with E-state index in [0.717, 1.165) is 43.6 Å². The van der Waals surface area contributed by atoms with Crippen LogP contribution in [0.5, 0.6) is 0 Å². The molecule has 0 radical (unpaired) electrons. The third-order valence-electron chi connectivity index (χ3n) is 4.84. The number of hydrogen-bond acceptors (Lipinski definition) is 4. The molecule has 6 nitrogen and oxygen atoms in total. The maximum Gasteiger partial charge on any atom is 0.248 e. The Morgan fingerprint density at radius 3 is 2.38 bits per heavy atom. The van der Waals surface area contributed by atoms with Crippen LogP contribution in [0.15, 0.2) is 24.3 Å².